The van der Waals surface area contributed by atoms with E-state index in [0.29, 0.717) is 11.1 Å². The lowest BCUT2D eigenvalue weighted by atomic mass is 10.1. The van der Waals surface area contributed by atoms with Gasteiger partial charge in [0.25, 0.3) is 5.22 Å². The molecule has 0 atom stereocenters. The van der Waals surface area contributed by atoms with Gasteiger partial charge in [0.05, 0.1) is 5.75 Å². The molecule has 0 bridgehead atoms. The van der Waals surface area contributed by atoms with Gasteiger partial charge in [-0.15, -0.1) is 10.2 Å². The number of hydrogen-bond acceptors (Lipinski definition) is 6. The molecule has 6 nitrogen and oxygen atoms in total. The molecule has 4 rings (SSSR count). The van der Waals surface area contributed by atoms with E-state index in [1.165, 1.54) is 36.7 Å². The molecule has 2 aromatic carbocycles. The summed E-state index contributed by atoms with van der Waals surface area (Å²) in [6.45, 7) is 4.21. The Labute approximate surface area is 174 Å². The van der Waals surface area contributed by atoms with Crippen molar-refractivity contribution in [2.75, 3.05) is 29.1 Å². The van der Waals surface area contributed by atoms with Crippen LogP contribution in [0.15, 0.2) is 58.2 Å². The Morgan fingerprint density at radius 2 is 1.83 bits per heavy atom. The first-order valence-electron chi connectivity index (χ1n) is 9.86. The zero-order chi connectivity index (χ0) is 20.1. The highest BCUT2D eigenvalue weighted by Crippen LogP contribution is 2.26. The van der Waals surface area contributed by atoms with Crippen molar-refractivity contribution >= 4 is 29.0 Å². The number of rotatable bonds is 6. The molecular formula is C22H24N4O2S. The fourth-order valence-corrected chi connectivity index (χ4v) is 3.99. The van der Waals surface area contributed by atoms with E-state index >= 15 is 0 Å². The van der Waals surface area contributed by atoms with Crippen molar-refractivity contribution in [3.63, 3.8) is 0 Å². The average molecular weight is 409 g/mol. The second-order valence-electron chi connectivity index (χ2n) is 7.12. The van der Waals surface area contributed by atoms with Gasteiger partial charge in [-0.3, -0.25) is 4.79 Å². The van der Waals surface area contributed by atoms with Gasteiger partial charge in [0.1, 0.15) is 0 Å². The summed E-state index contributed by atoms with van der Waals surface area (Å²) in [5.41, 5.74) is 3.98. The molecule has 1 saturated heterocycles. The monoisotopic (exact) mass is 408 g/mol. The van der Waals surface area contributed by atoms with Crippen molar-refractivity contribution in [2.24, 2.45) is 0 Å². The van der Waals surface area contributed by atoms with Gasteiger partial charge in [0.2, 0.25) is 11.8 Å². The lowest BCUT2D eigenvalue weighted by molar-refractivity contribution is -0.113. The third-order valence-electron chi connectivity index (χ3n) is 4.98. The third-order valence-corrected chi connectivity index (χ3v) is 5.80. The lowest BCUT2D eigenvalue weighted by Gasteiger charge is -2.28. The number of piperidine rings is 1. The summed E-state index contributed by atoms with van der Waals surface area (Å²) < 4.78 is 5.69. The number of carbonyl (C=O) groups is 1. The van der Waals surface area contributed by atoms with E-state index < -0.39 is 0 Å². The Kier molecular flexibility index (Phi) is 6.14. The molecule has 1 N–H and O–H groups in total. The van der Waals surface area contributed by atoms with Crippen LogP contribution in [0.1, 0.15) is 24.8 Å². The number of amides is 1. The molecule has 1 aromatic heterocycles. The van der Waals surface area contributed by atoms with Gasteiger partial charge in [0.15, 0.2) is 0 Å². The quantitative estimate of drug-likeness (QED) is 0.593. The predicted molar refractivity (Wildman–Crippen MR) is 116 cm³/mol. The topological polar surface area (TPSA) is 71.3 Å². The molecule has 0 saturated carbocycles. The number of benzene rings is 2. The van der Waals surface area contributed by atoms with Crippen molar-refractivity contribution in [2.45, 2.75) is 31.4 Å². The standard InChI is InChI=1S/C22H24N4O2S/c1-16-7-3-4-8-19(16)21-24-25-22(28-21)29-15-20(27)23-17-9-11-18(12-10-17)26-13-5-2-6-14-26/h3-4,7-12H,2,5-6,13-15H2,1H3,(H,23,27). The minimum atomic E-state index is -0.101. The van der Waals surface area contributed by atoms with E-state index in [2.05, 4.69) is 32.5 Å². The van der Waals surface area contributed by atoms with Gasteiger partial charge < -0.3 is 14.6 Å². The zero-order valence-electron chi connectivity index (χ0n) is 16.4. The van der Waals surface area contributed by atoms with E-state index in [1.807, 2.05) is 43.3 Å². The van der Waals surface area contributed by atoms with Crippen LogP contribution < -0.4 is 10.2 Å². The van der Waals surface area contributed by atoms with E-state index in [-0.39, 0.29) is 11.7 Å². The summed E-state index contributed by atoms with van der Waals surface area (Å²) in [6, 6.07) is 15.9. The number of aryl methyl sites for hydroxylation is 1. The summed E-state index contributed by atoms with van der Waals surface area (Å²) in [5.74, 6) is 0.583. The van der Waals surface area contributed by atoms with E-state index in [4.69, 9.17) is 4.42 Å². The van der Waals surface area contributed by atoms with Gasteiger partial charge in [-0.2, -0.15) is 0 Å². The summed E-state index contributed by atoms with van der Waals surface area (Å²) in [6.07, 6.45) is 3.81. The second kappa shape index (κ2) is 9.13. The fourth-order valence-electron chi connectivity index (χ4n) is 3.42. The molecule has 3 aromatic rings. The van der Waals surface area contributed by atoms with Crippen LogP contribution in [-0.4, -0.2) is 34.9 Å². The van der Waals surface area contributed by atoms with E-state index in [1.54, 1.807) is 0 Å². The number of carbonyl (C=O) groups excluding carboxylic acids is 1. The number of anilines is 2. The van der Waals surface area contributed by atoms with Crippen LogP contribution in [0.5, 0.6) is 0 Å². The molecule has 29 heavy (non-hydrogen) atoms. The Morgan fingerprint density at radius 1 is 1.07 bits per heavy atom. The predicted octanol–water partition coefficient (Wildman–Crippen LogP) is 4.77. The molecule has 0 unspecified atom stereocenters. The maximum absolute atomic E-state index is 12.3. The average Bonchev–Trinajstić information content (AvgIpc) is 3.23. The number of hydrogen-bond donors (Lipinski definition) is 1. The number of thioether (sulfide) groups is 1. The number of nitrogens with zero attached hydrogens (tertiary/aromatic N) is 3. The van der Waals surface area contributed by atoms with Crippen LogP contribution >= 0.6 is 11.8 Å². The number of aromatic nitrogens is 2. The maximum atomic E-state index is 12.3. The minimum absolute atomic E-state index is 0.101. The molecular weight excluding hydrogens is 384 g/mol. The van der Waals surface area contributed by atoms with Crippen LogP contribution in [0.25, 0.3) is 11.5 Å². The normalized spacial score (nSPS) is 14.0. The second-order valence-corrected chi connectivity index (χ2v) is 8.05. The van der Waals surface area contributed by atoms with Crippen molar-refractivity contribution in [1.82, 2.24) is 10.2 Å². The van der Waals surface area contributed by atoms with E-state index in [9.17, 15) is 4.79 Å². The van der Waals surface area contributed by atoms with E-state index in [0.717, 1.165) is 29.9 Å². The smallest absolute Gasteiger partial charge is 0.277 e. The van der Waals surface area contributed by atoms with Crippen molar-refractivity contribution in [3.8, 4) is 11.5 Å². The van der Waals surface area contributed by atoms with Crippen molar-refractivity contribution < 1.29 is 9.21 Å². The molecule has 150 valence electrons. The van der Waals surface area contributed by atoms with Crippen LogP contribution in [-0.2, 0) is 4.79 Å². The molecule has 0 radical (unpaired) electrons. The molecule has 1 fully saturated rings. The van der Waals surface area contributed by atoms with Gasteiger partial charge in [-0.1, -0.05) is 30.0 Å². The van der Waals surface area contributed by atoms with Gasteiger partial charge >= 0.3 is 0 Å². The SMILES string of the molecule is Cc1ccccc1-c1nnc(SCC(=O)Nc2ccc(N3CCCCC3)cc2)o1. The largest absolute Gasteiger partial charge is 0.411 e. The molecule has 0 spiro atoms. The first kappa shape index (κ1) is 19.5. The Morgan fingerprint density at radius 3 is 2.59 bits per heavy atom. The minimum Gasteiger partial charge on any atom is -0.411 e. The Hall–Kier alpha value is -2.80. The Bertz CT molecular complexity index is 965. The first-order valence-corrected chi connectivity index (χ1v) is 10.8. The van der Waals surface area contributed by atoms with Crippen LogP contribution in [0, 0.1) is 6.92 Å². The Balaban J connectivity index is 1.30. The zero-order valence-corrected chi connectivity index (χ0v) is 17.2. The highest BCUT2D eigenvalue weighted by molar-refractivity contribution is 7.99. The van der Waals surface area contributed by atoms with Gasteiger partial charge in [0, 0.05) is 30.0 Å². The lowest BCUT2D eigenvalue weighted by Crippen LogP contribution is -2.29. The van der Waals surface area contributed by atoms with Gasteiger partial charge in [-0.25, -0.2) is 0 Å². The summed E-state index contributed by atoms with van der Waals surface area (Å²) in [4.78, 5) is 14.7. The molecule has 7 heteroatoms. The van der Waals surface area contributed by atoms with Crippen molar-refractivity contribution in [3.05, 3.63) is 54.1 Å². The summed E-state index contributed by atoms with van der Waals surface area (Å²) >= 11 is 1.23. The summed E-state index contributed by atoms with van der Waals surface area (Å²) in [7, 11) is 0. The maximum Gasteiger partial charge on any atom is 0.277 e. The van der Waals surface area contributed by atoms with Gasteiger partial charge in [-0.05, 0) is 62.1 Å². The van der Waals surface area contributed by atoms with Crippen LogP contribution in [0.2, 0.25) is 0 Å². The molecule has 2 heterocycles. The third kappa shape index (κ3) is 4.98. The highest BCUT2D eigenvalue weighted by atomic mass is 32.2. The van der Waals surface area contributed by atoms with Crippen LogP contribution in [0.3, 0.4) is 0 Å². The molecule has 1 aliphatic heterocycles. The molecule has 1 aliphatic rings. The summed E-state index contributed by atoms with van der Waals surface area (Å²) in [5, 5.41) is 11.4. The fraction of sp³-hybridized carbons (Fsp3) is 0.318. The van der Waals surface area contributed by atoms with Crippen molar-refractivity contribution in [1.29, 1.82) is 0 Å². The molecule has 1 amide bonds. The first-order chi connectivity index (χ1) is 14.2. The highest BCUT2D eigenvalue weighted by Gasteiger charge is 2.13. The number of nitrogens with one attached hydrogen (secondary N) is 1. The van der Waals surface area contributed by atoms with Crippen LogP contribution in [0.4, 0.5) is 11.4 Å². The molecule has 0 aliphatic carbocycles.